The smallest absolute Gasteiger partial charge is 0.261 e. The first-order valence-corrected chi connectivity index (χ1v) is 7.63. The molecule has 0 fully saturated rings. The van der Waals surface area contributed by atoms with Crippen molar-refractivity contribution >= 4 is 27.5 Å². The molecule has 1 heterocycles. The van der Waals surface area contributed by atoms with Crippen molar-refractivity contribution in [3.05, 3.63) is 59.4 Å². The molecule has 6 nitrogen and oxygen atoms in total. The maximum Gasteiger partial charge on any atom is 0.261 e. The Labute approximate surface area is 125 Å². The molecule has 0 aliphatic carbocycles. The molecule has 0 unspecified atom stereocenters. The number of benzene rings is 2. The van der Waals surface area contributed by atoms with Gasteiger partial charge in [0.25, 0.3) is 21.8 Å². The fraction of sp³-hybridized carbons (Fsp3) is 0. The minimum atomic E-state index is -3.95. The van der Waals surface area contributed by atoms with Crippen molar-refractivity contribution in [3.8, 4) is 0 Å². The summed E-state index contributed by atoms with van der Waals surface area (Å²) in [5.41, 5.74) is 0.320. The summed E-state index contributed by atoms with van der Waals surface area (Å²) in [6, 6.07) is 8.41. The summed E-state index contributed by atoms with van der Waals surface area (Å²) in [5.74, 6) is -1.69. The second-order valence-corrected chi connectivity index (χ2v) is 6.29. The lowest BCUT2D eigenvalue weighted by molar-refractivity contribution is 0.0879. The first-order valence-electron chi connectivity index (χ1n) is 6.15. The zero-order valence-electron chi connectivity index (χ0n) is 11.0. The van der Waals surface area contributed by atoms with Crippen molar-refractivity contribution in [2.45, 2.75) is 4.90 Å². The molecule has 0 aromatic heterocycles. The van der Waals surface area contributed by atoms with Crippen LogP contribution in [0.15, 0.2) is 47.4 Å². The summed E-state index contributed by atoms with van der Waals surface area (Å²) in [6.45, 7) is 0. The Morgan fingerprint density at radius 3 is 2.23 bits per heavy atom. The number of sulfonamides is 1. The average molecular weight is 320 g/mol. The highest BCUT2D eigenvalue weighted by Gasteiger charge is 2.28. The van der Waals surface area contributed by atoms with Crippen molar-refractivity contribution in [1.82, 2.24) is 5.32 Å². The molecule has 0 bridgehead atoms. The minimum Gasteiger partial charge on any atom is -0.288 e. The highest BCUT2D eigenvalue weighted by atomic mass is 32.2. The van der Waals surface area contributed by atoms with Crippen LogP contribution in [0, 0.1) is 5.82 Å². The van der Waals surface area contributed by atoms with Gasteiger partial charge in [0.2, 0.25) is 0 Å². The fourth-order valence-corrected chi connectivity index (χ4v) is 3.13. The molecule has 3 rings (SSSR count). The van der Waals surface area contributed by atoms with Gasteiger partial charge in [-0.05, 0) is 42.5 Å². The molecular weight excluding hydrogens is 311 g/mol. The third kappa shape index (κ3) is 2.44. The number of anilines is 1. The van der Waals surface area contributed by atoms with Crippen molar-refractivity contribution < 1.29 is 22.4 Å². The Hall–Kier alpha value is -2.74. The van der Waals surface area contributed by atoms with E-state index in [-0.39, 0.29) is 21.7 Å². The fourth-order valence-electron chi connectivity index (χ4n) is 2.05. The number of nitrogens with one attached hydrogen (secondary N) is 2. The zero-order chi connectivity index (χ0) is 15.9. The molecule has 1 aliphatic heterocycles. The highest BCUT2D eigenvalue weighted by molar-refractivity contribution is 7.92. The van der Waals surface area contributed by atoms with Gasteiger partial charge < -0.3 is 0 Å². The first kappa shape index (κ1) is 14.2. The SMILES string of the molecule is O=C1NC(=O)c2cc(S(=O)(=O)Nc3ccc(F)cc3)ccc21. The average Bonchev–Trinajstić information content (AvgIpc) is 2.76. The lowest BCUT2D eigenvalue weighted by Crippen LogP contribution is -2.19. The largest absolute Gasteiger partial charge is 0.288 e. The Balaban J connectivity index is 1.96. The number of hydrogen-bond acceptors (Lipinski definition) is 4. The van der Waals surface area contributed by atoms with Crippen LogP contribution in [0.25, 0.3) is 0 Å². The predicted octanol–water partition coefficient (Wildman–Crippen LogP) is 1.51. The molecule has 0 saturated carbocycles. The Morgan fingerprint density at radius 2 is 1.55 bits per heavy atom. The Morgan fingerprint density at radius 1 is 0.909 bits per heavy atom. The van der Waals surface area contributed by atoms with E-state index in [2.05, 4.69) is 10.0 Å². The van der Waals surface area contributed by atoms with Gasteiger partial charge in [0.15, 0.2) is 0 Å². The lowest BCUT2D eigenvalue weighted by Gasteiger charge is -2.08. The van der Waals surface area contributed by atoms with Gasteiger partial charge >= 0.3 is 0 Å². The van der Waals surface area contributed by atoms with Gasteiger partial charge in [0.1, 0.15) is 5.82 Å². The van der Waals surface area contributed by atoms with Gasteiger partial charge in [-0.25, -0.2) is 12.8 Å². The van der Waals surface area contributed by atoms with Gasteiger partial charge in [-0.2, -0.15) is 0 Å². The second kappa shape index (κ2) is 4.92. The van der Waals surface area contributed by atoms with Crippen LogP contribution in [-0.2, 0) is 10.0 Å². The molecule has 2 aromatic rings. The van der Waals surface area contributed by atoms with Crippen molar-refractivity contribution in [3.63, 3.8) is 0 Å². The van der Waals surface area contributed by atoms with Crippen LogP contribution in [0.1, 0.15) is 20.7 Å². The van der Waals surface area contributed by atoms with E-state index in [4.69, 9.17) is 0 Å². The highest BCUT2D eigenvalue weighted by Crippen LogP contribution is 2.22. The normalized spacial score (nSPS) is 13.7. The molecule has 112 valence electrons. The van der Waals surface area contributed by atoms with E-state index < -0.39 is 27.7 Å². The predicted molar refractivity (Wildman–Crippen MR) is 75.4 cm³/mol. The van der Waals surface area contributed by atoms with Crippen LogP contribution in [0.5, 0.6) is 0 Å². The number of carbonyl (C=O) groups is 2. The lowest BCUT2D eigenvalue weighted by atomic mass is 10.1. The molecule has 0 spiro atoms. The van der Waals surface area contributed by atoms with Crippen LogP contribution in [-0.4, -0.2) is 20.2 Å². The molecule has 0 saturated heterocycles. The van der Waals surface area contributed by atoms with Crippen molar-refractivity contribution in [2.24, 2.45) is 0 Å². The van der Waals surface area contributed by atoms with Crippen LogP contribution >= 0.6 is 0 Å². The van der Waals surface area contributed by atoms with Crippen molar-refractivity contribution in [2.75, 3.05) is 4.72 Å². The third-order valence-corrected chi connectivity index (χ3v) is 4.49. The molecule has 8 heteroatoms. The van der Waals surface area contributed by atoms with Crippen LogP contribution < -0.4 is 10.0 Å². The zero-order valence-corrected chi connectivity index (χ0v) is 11.8. The van der Waals surface area contributed by atoms with E-state index in [1.807, 2.05) is 0 Å². The Kier molecular flexibility index (Phi) is 3.18. The van der Waals surface area contributed by atoms with Gasteiger partial charge in [0.05, 0.1) is 16.0 Å². The number of fused-ring (bicyclic) bond motifs is 1. The molecule has 2 amide bonds. The van der Waals surface area contributed by atoms with Crippen molar-refractivity contribution in [1.29, 1.82) is 0 Å². The molecule has 2 aromatic carbocycles. The summed E-state index contributed by atoms with van der Waals surface area (Å²) in [6.07, 6.45) is 0. The quantitative estimate of drug-likeness (QED) is 0.839. The van der Waals surface area contributed by atoms with E-state index >= 15 is 0 Å². The molecular formula is C14H9FN2O4S. The van der Waals surface area contributed by atoms with Crippen LogP contribution in [0.3, 0.4) is 0 Å². The summed E-state index contributed by atoms with van der Waals surface area (Å²) < 4.78 is 39.6. The molecule has 2 N–H and O–H groups in total. The van der Waals surface area contributed by atoms with E-state index in [1.54, 1.807) is 0 Å². The molecule has 22 heavy (non-hydrogen) atoms. The standard InChI is InChI=1S/C14H9FN2O4S/c15-8-1-3-9(4-2-8)17-22(20,21)10-5-6-11-12(7-10)14(19)16-13(11)18/h1-7,17H,(H,16,18,19). The van der Waals surface area contributed by atoms with Gasteiger partial charge in [-0.1, -0.05) is 0 Å². The third-order valence-electron chi connectivity index (χ3n) is 3.11. The maximum absolute atomic E-state index is 12.8. The summed E-state index contributed by atoms with van der Waals surface area (Å²) in [5, 5.41) is 2.08. The Bertz CT molecular complexity index is 892. The monoisotopic (exact) mass is 320 g/mol. The molecule has 0 atom stereocenters. The topological polar surface area (TPSA) is 92.3 Å². The first-order chi connectivity index (χ1) is 10.4. The summed E-state index contributed by atoms with van der Waals surface area (Å²) >= 11 is 0. The molecule has 0 radical (unpaired) electrons. The van der Waals surface area contributed by atoms with Gasteiger partial charge in [-0.15, -0.1) is 0 Å². The second-order valence-electron chi connectivity index (χ2n) is 4.60. The number of imide groups is 1. The van der Waals surface area contributed by atoms with E-state index in [9.17, 15) is 22.4 Å². The van der Waals surface area contributed by atoms with Crippen LogP contribution in [0.2, 0.25) is 0 Å². The van der Waals surface area contributed by atoms with E-state index in [0.717, 1.165) is 18.2 Å². The van der Waals surface area contributed by atoms with E-state index in [0.29, 0.717) is 0 Å². The number of carbonyl (C=O) groups excluding carboxylic acids is 2. The van der Waals surface area contributed by atoms with Gasteiger partial charge in [-0.3, -0.25) is 19.6 Å². The summed E-state index contributed by atoms with van der Waals surface area (Å²) in [4.78, 5) is 22.8. The number of amides is 2. The van der Waals surface area contributed by atoms with Crippen LogP contribution in [0.4, 0.5) is 10.1 Å². The van der Waals surface area contributed by atoms with E-state index in [1.165, 1.54) is 24.3 Å². The van der Waals surface area contributed by atoms with Gasteiger partial charge in [0, 0.05) is 5.69 Å². The summed E-state index contributed by atoms with van der Waals surface area (Å²) in [7, 11) is -3.95. The number of halogens is 1. The maximum atomic E-state index is 12.8. The number of rotatable bonds is 3. The number of hydrogen-bond donors (Lipinski definition) is 2. The molecule has 1 aliphatic rings. The minimum absolute atomic E-state index is 0.00646.